The summed E-state index contributed by atoms with van der Waals surface area (Å²) in [7, 11) is 0. The Bertz CT molecular complexity index is 1340. The first-order valence-electron chi connectivity index (χ1n) is 10.2. The van der Waals surface area contributed by atoms with Gasteiger partial charge in [0.05, 0.1) is 20.5 Å². The molecule has 1 saturated heterocycles. The number of carbonyl (C=O) groups is 2. The Kier molecular flexibility index (Phi) is 7.76. The van der Waals surface area contributed by atoms with E-state index in [1.54, 1.807) is 54.6 Å². The second-order valence-corrected chi connectivity index (χ2v) is 9.99. The largest absolute Gasteiger partial charge is 0.489 e. The molecule has 0 unspecified atom stereocenters. The fraction of sp³-hybridized carbons (Fsp3) is 0.0800. The molecule has 1 heterocycles. The SMILES string of the molecule is Cc1ccc(C(=O)NN2C(=O)/C(=C/c3ccc(OCc4c(F)cccc4Cl)cc3)SC2=S)c(Cl)c1. The zero-order valence-electron chi connectivity index (χ0n) is 18.2. The summed E-state index contributed by atoms with van der Waals surface area (Å²) in [6.07, 6.45) is 1.65. The Morgan fingerprint density at radius 3 is 2.57 bits per heavy atom. The third kappa shape index (κ3) is 5.85. The zero-order valence-corrected chi connectivity index (χ0v) is 21.3. The van der Waals surface area contributed by atoms with Crippen LogP contribution < -0.4 is 10.2 Å². The first-order chi connectivity index (χ1) is 16.7. The first kappa shape index (κ1) is 25.2. The molecular formula is C25H17Cl2FN2O3S2. The molecule has 178 valence electrons. The van der Waals surface area contributed by atoms with Crippen LogP contribution in [0.4, 0.5) is 4.39 Å². The van der Waals surface area contributed by atoms with Gasteiger partial charge in [-0.15, -0.1) is 0 Å². The van der Waals surface area contributed by atoms with Crippen molar-refractivity contribution in [3.05, 3.63) is 104 Å². The van der Waals surface area contributed by atoms with Gasteiger partial charge in [-0.2, -0.15) is 5.01 Å². The van der Waals surface area contributed by atoms with E-state index in [1.165, 1.54) is 12.1 Å². The van der Waals surface area contributed by atoms with Gasteiger partial charge >= 0.3 is 0 Å². The van der Waals surface area contributed by atoms with Gasteiger partial charge in [-0.3, -0.25) is 15.0 Å². The number of hydrogen-bond donors (Lipinski definition) is 1. The molecule has 3 aromatic rings. The number of thiocarbonyl (C=S) groups is 1. The summed E-state index contributed by atoms with van der Waals surface area (Å²) in [6.45, 7) is 1.84. The van der Waals surface area contributed by atoms with Crippen LogP contribution in [0.2, 0.25) is 10.0 Å². The molecule has 1 aliphatic heterocycles. The number of hydrogen-bond acceptors (Lipinski definition) is 5. The number of nitrogens with zero attached hydrogens (tertiary/aromatic N) is 1. The molecule has 1 fully saturated rings. The summed E-state index contributed by atoms with van der Waals surface area (Å²) in [5.74, 6) is -0.917. The van der Waals surface area contributed by atoms with Gasteiger partial charge in [0.2, 0.25) is 0 Å². The highest BCUT2D eigenvalue weighted by Gasteiger charge is 2.34. The smallest absolute Gasteiger partial charge is 0.285 e. The van der Waals surface area contributed by atoms with Crippen LogP contribution in [0.5, 0.6) is 5.75 Å². The lowest BCUT2D eigenvalue weighted by Gasteiger charge is -2.16. The monoisotopic (exact) mass is 546 g/mol. The fourth-order valence-electron chi connectivity index (χ4n) is 3.17. The molecule has 1 aliphatic rings. The van der Waals surface area contributed by atoms with E-state index in [0.29, 0.717) is 15.7 Å². The molecule has 1 N–H and O–H groups in total. The third-order valence-corrected chi connectivity index (χ3v) is 6.97. The van der Waals surface area contributed by atoms with Crippen molar-refractivity contribution in [1.82, 2.24) is 10.4 Å². The number of hydrazine groups is 1. The number of thioether (sulfide) groups is 1. The van der Waals surface area contributed by atoms with Crippen LogP contribution in [0.3, 0.4) is 0 Å². The minimum absolute atomic E-state index is 0.0196. The molecule has 3 aromatic carbocycles. The van der Waals surface area contributed by atoms with E-state index in [9.17, 15) is 14.0 Å². The lowest BCUT2D eigenvalue weighted by atomic mass is 10.1. The number of halogens is 3. The van der Waals surface area contributed by atoms with E-state index in [0.717, 1.165) is 27.9 Å². The molecule has 0 spiro atoms. The second kappa shape index (κ2) is 10.8. The topological polar surface area (TPSA) is 58.6 Å². The van der Waals surface area contributed by atoms with Gasteiger partial charge in [-0.1, -0.05) is 59.2 Å². The summed E-state index contributed by atoms with van der Waals surface area (Å²) >= 11 is 18.5. The summed E-state index contributed by atoms with van der Waals surface area (Å²) < 4.78 is 19.7. The predicted octanol–water partition coefficient (Wildman–Crippen LogP) is 6.57. The molecule has 0 aliphatic carbocycles. The minimum atomic E-state index is -0.538. The van der Waals surface area contributed by atoms with Gasteiger partial charge in [-0.25, -0.2) is 4.39 Å². The van der Waals surface area contributed by atoms with Crippen molar-refractivity contribution in [3.8, 4) is 5.75 Å². The highest BCUT2D eigenvalue weighted by molar-refractivity contribution is 8.26. The Morgan fingerprint density at radius 1 is 1.14 bits per heavy atom. The number of ether oxygens (including phenoxy) is 1. The Hall–Kier alpha value is -2.91. The van der Waals surface area contributed by atoms with Gasteiger partial charge < -0.3 is 4.74 Å². The molecule has 2 amide bonds. The highest BCUT2D eigenvalue weighted by atomic mass is 35.5. The molecule has 4 rings (SSSR count). The van der Waals surface area contributed by atoms with Crippen molar-refractivity contribution in [2.45, 2.75) is 13.5 Å². The maximum absolute atomic E-state index is 13.9. The van der Waals surface area contributed by atoms with E-state index >= 15 is 0 Å². The van der Waals surface area contributed by atoms with Gasteiger partial charge in [0.15, 0.2) is 4.32 Å². The molecule has 10 heteroatoms. The zero-order chi connectivity index (χ0) is 25.1. The van der Waals surface area contributed by atoms with Gasteiger partial charge in [0, 0.05) is 5.56 Å². The summed E-state index contributed by atoms with van der Waals surface area (Å²) in [4.78, 5) is 25.8. The number of amides is 2. The Labute approximate surface area is 220 Å². The maximum atomic E-state index is 13.9. The van der Waals surface area contributed by atoms with Crippen molar-refractivity contribution in [3.63, 3.8) is 0 Å². The van der Waals surface area contributed by atoms with Crippen LogP contribution in [-0.4, -0.2) is 21.1 Å². The van der Waals surface area contributed by atoms with E-state index in [-0.39, 0.29) is 27.1 Å². The quantitative estimate of drug-likeness (QED) is 0.280. The van der Waals surface area contributed by atoms with Crippen LogP contribution >= 0.6 is 47.2 Å². The van der Waals surface area contributed by atoms with Crippen LogP contribution in [0.1, 0.15) is 27.0 Å². The lowest BCUT2D eigenvalue weighted by Crippen LogP contribution is -2.44. The molecular weight excluding hydrogens is 530 g/mol. The number of nitrogens with one attached hydrogen (secondary N) is 1. The molecule has 0 radical (unpaired) electrons. The van der Waals surface area contributed by atoms with Gasteiger partial charge in [0.25, 0.3) is 11.8 Å². The van der Waals surface area contributed by atoms with E-state index < -0.39 is 17.6 Å². The van der Waals surface area contributed by atoms with Crippen LogP contribution in [0.15, 0.2) is 65.6 Å². The van der Waals surface area contributed by atoms with Crippen molar-refractivity contribution < 1.29 is 18.7 Å². The van der Waals surface area contributed by atoms with Crippen molar-refractivity contribution >= 4 is 69.4 Å². The number of benzene rings is 3. The Balaban J connectivity index is 1.42. The van der Waals surface area contributed by atoms with E-state index in [4.69, 9.17) is 40.2 Å². The third-order valence-electron chi connectivity index (χ3n) is 5.00. The van der Waals surface area contributed by atoms with E-state index in [2.05, 4.69) is 5.43 Å². The van der Waals surface area contributed by atoms with E-state index in [1.807, 2.05) is 6.92 Å². The number of aryl methyl sites for hydroxylation is 1. The molecule has 0 bridgehead atoms. The predicted molar refractivity (Wildman–Crippen MR) is 141 cm³/mol. The maximum Gasteiger partial charge on any atom is 0.285 e. The summed E-state index contributed by atoms with van der Waals surface area (Å²) in [5, 5.41) is 1.60. The summed E-state index contributed by atoms with van der Waals surface area (Å²) in [6, 6.07) is 16.3. The highest BCUT2D eigenvalue weighted by Crippen LogP contribution is 2.32. The van der Waals surface area contributed by atoms with Crippen LogP contribution in [-0.2, 0) is 11.4 Å². The van der Waals surface area contributed by atoms with Crippen molar-refractivity contribution in [2.75, 3.05) is 0 Å². The van der Waals surface area contributed by atoms with Gasteiger partial charge in [-0.05, 0) is 72.7 Å². The summed E-state index contributed by atoms with van der Waals surface area (Å²) in [5.41, 5.74) is 4.66. The fourth-order valence-corrected chi connectivity index (χ4v) is 4.89. The normalized spacial score (nSPS) is 14.5. The molecule has 0 saturated carbocycles. The van der Waals surface area contributed by atoms with Crippen LogP contribution in [0, 0.1) is 12.7 Å². The molecule has 0 aromatic heterocycles. The van der Waals surface area contributed by atoms with Crippen molar-refractivity contribution in [2.24, 2.45) is 0 Å². The molecule has 5 nitrogen and oxygen atoms in total. The minimum Gasteiger partial charge on any atom is -0.489 e. The molecule has 35 heavy (non-hydrogen) atoms. The second-order valence-electron chi connectivity index (χ2n) is 7.50. The van der Waals surface area contributed by atoms with Crippen molar-refractivity contribution in [1.29, 1.82) is 0 Å². The lowest BCUT2D eigenvalue weighted by molar-refractivity contribution is -0.123. The van der Waals surface area contributed by atoms with Gasteiger partial charge in [0.1, 0.15) is 18.2 Å². The number of carbonyl (C=O) groups excluding carboxylic acids is 2. The Morgan fingerprint density at radius 2 is 1.89 bits per heavy atom. The average Bonchev–Trinajstić information content (AvgIpc) is 3.07. The average molecular weight is 547 g/mol. The number of rotatable bonds is 6. The molecule has 0 atom stereocenters. The van der Waals surface area contributed by atoms with Crippen LogP contribution in [0.25, 0.3) is 6.08 Å². The first-order valence-corrected chi connectivity index (χ1v) is 12.2. The standard InChI is InChI=1S/C25H17Cl2FN2O3S2/c1-14-5-10-17(20(27)11-14)23(31)29-30-24(32)22(35-25(30)34)12-15-6-8-16(9-7-15)33-13-18-19(26)3-2-4-21(18)28/h2-12H,13H2,1H3,(H,29,31)/b22-12-.